The number of halogens is 1. The molecule has 2 fully saturated rings. The van der Waals surface area contributed by atoms with Gasteiger partial charge >= 0.3 is 6.03 Å². The minimum absolute atomic E-state index is 0.140. The first-order valence-corrected chi connectivity index (χ1v) is 10.7. The summed E-state index contributed by atoms with van der Waals surface area (Å²) >= 11 is 5.95. The summed E-state index contributed by atoms with van der Waals surface area (Å²) in [6, 6.07) is 5.51. The first kappa shape index (κ1) is 21.4. The number of carbonyl (C=O) groups is 2. The van der Waals surface area contributed by atoms with E-state index in [1.165, 1.54) is 13.3 Å². The van der Waals surface area contributed by atoms with Crippen LogP contribution in [0.2, 0.25) is 5.15 Å². The van der Waals surface area contributed by atoms with E-state index in [9.17, 15) is 9.59 Å². The average Bonchev–Trinajstić information content (AvgIpc) is 3.52. The van der Waals surface area contributed by atoms with Crippen molar-refractivity contribution in [2.75, 3.05) is 25.5 Å². The Morgan fingerprint density at radius 3 is 2.68 bits per heavy atom. The highest BCUT2D eigenvalue weighted by atomic mass is 35.5. The molecule has 31 heavy (non-hydrogen) atoms. The first-order valence-electron chi connectivity index (χ1n) is 10.4. The van der Waals surface area contributed by atoms with Gasteiger partial charge < -0.3 is 20.3 Å². The summed E-state index contributed by atoms with van der Waals surface area (Å²) in [4.78, 5) is 36.5. The van der Waals surface area contributed by atoms with Gasteiger partial charge in [-0.3, -0.25) is 9.78 Å². The van der Waals surface area contributed by atoms with Gasteiger partial charge in [0.2, 0.25) is 5.91 Å². The second kappa shape index (κ2) is 8.34. The lowest BCUT2D eigenvalue weighted by atomic mass is 9.72. The highest BCUT2D eigenvalue weighted by Gasteiger charge is 2.55. The quantitative estimate of drug-likeness (QED) is 0.667. The van der Waals surface area contributed by atoms with Gasteiger partial charge in [0.05, 0.1) is 19.0 Å². The standard InChI is InChI=1S/C22H26ClN5O3/c1-13(2)15-5-4-8-24-19(15)22(11-28(12-22)21(30)26-14-6-7-14)20(29)27-16-10-25-18(23)9-17(16)31-3/h4-5,8-10,13-14H,6-7,11-12H2,1-3H3,(H,26,30)(H,27,29). The third-order valence-corrected chi connectivity index (χ3v) is 5.97. The van der Waals surface area contributed by atoms with Crippen LogP contribution in [0.3, 0.4) is 0 Å². The number of hydrogen-bond acceptors (Lipinski definition) is 5. The zero-order valence-electron chi connectivity index (χ0n) is 17.8. The zero-order chi connectivity index (χ0) is 22.2. The molecule has 9 heteroatoms. The van der Waals surface area contributed by atoms with Crippen molar-refractivity contribution in [2.45, 2.75) is 44.1 Å². The molecular weight excluding hydrogens is 418 g/mol. The lowest BCUT2D eigenvalue weighted by Crippen LogP contribution is -2.68. The molecular formula is C22H26ClN5O3. The third kappa shape index (κ3) is 4.17. The molecule has 3 amide bonds. The highest BCUT2D eigenvalue weighted by molar-refractivity contribution is 6.29. The van der Waals surface area contributed by atoms with Crippen LogP contribution in [0.25, 0.3) is 0 Å². The number of hydrogen-bond donors (Lipinski definition) is 2. The summed E-state index contributed by atoms with van der Waals surface area (Å²) in [7, 11) is 1.50. The molecule has 4 rings (SSSR count). The number of anilines is 1. The van der Waals surface area contributed by atoms with Gasteiger partial charge in [-0.25, -0.2) is 9.78 Å². The molecule has 0 unspecified atom stereocenters. The van der Waals surface area contributed by atoms with Crippen molar-refractivity contribution >= 4 is 29.2 Å². The third-order valence-electron chi connectivity index (χ3n) is 5.76. The van der Waals surface area contributed by atoms with Crippen molar-refractivity contribution < 1.29 is 14.3 Å². The summed E-state index contributed by atoms with van der Waals surface area (Å²) in [6.45, 7) is 4.62. The Bertz CT molecular complexity index is 1000. The number of nitrogens with zero attached hydrogens (tertiary/aromatic N) is 3. The second-order valence-electron chi connectivity index (χ2n) is 8.42. The lowest BCUT2D eigenvalue weighted by molar-refractivity contribution is -0.126. The summed E-state index contributed by atoms with van der Waals surface area (Å²) in [6.07, 6.45) is 5.16. The molecule has 3 heterocycles. The number of rotatable bonds is 6. The normalized spacial score (nSPS) is 17.1. The smallest absolute Gasteiger partial charge is 0.317 e. The molecule has 0 spiro atoms. The minimum Gasteiger partial charge on any atom is -0.494 e. The summed E-state index contributed by atoms with van der Waals surface area (Å²) in [5.74, 6) is 0.330. The maximum Gasteiger partial charge on any atom is 0.317 e. The Kier molecular flexibility index (Phi) is 5.75. The maximum absolute atomic E-state index is 13.6. The van der Waals surface area contributed by atoms with Gasteiger partial charge in [0.25, 0.3) is 0 Å². The van der Waals surface area contributed by atoms with Crippen LogP contribution in [0.1, 0.15) is 43.9 Å². The van der Waals surface area contributed by atoms with Gasteiger partial charge in [0, 0.05) is 31.4 Å². The first-order chi connectivity index (χ1) is 14.8. The van der Waals surface area contributed by atoms with Crippen molar-refractivity contribution in [2.24, 2.45) is 0 Å². The number of pyridine rings is 2. The summed E-state index contributed by atoms with van der Waals surface area (Å²) < 4.78 is 5.34. The molecule has 0 aromatic carbocycles. The van der Waals surface area contributed by atoms with Crippen LogP contribution < -0.4 is 15.4 Å². The van der Waals surface area contributed by atoms with Crippen LogP contribution in [0.5, 0.6) is 5.75 Å². The number of nitrogens with one attached hydrogen (secondary N) is 2. The van der Waals surface area contributed by atoms with Gasteiger partial charge in [0.1, 0.15) is 22.0 Å². The van der Waals surface area contributed by atoms with Crippen molar-refractivity contribution in [3.63, 3.8) is 0 Å². The van der Waals surface area contributed by atoms with Crippen LogP contribution >= 0.6 is 11.6 Å². The molecule has 2 aromatic heterocycles. The minimum atomic E-state index is -0.966. The fourth-order valence-electron chi connectivity index (χ4n) is 3.84. The molecule has 164 valence electrons. The van der Waals surface area contributed by atoms with Crippen molar-refractivity contribution in [3.8, 4) is 5.75 Å². The van der Waals surface area contributed by atoms with E-state index in [1.807, 2.05) is 12.1 Å². The van der Waals surface area contributed by atoms with Gasteiger partial charge in [-0.2, -0.15) is 0 Å². The molecule has 8 nitrogen and oxygen atoms in total. The fraction of sp³-hybridized carbons (Fsp3) is 0.455. The molecule has 1 aliphatic carbocycles. The van der Waals surface area contributed by atoms with Gasteiger partial charge in [-0.05, 0) is 30.4 Å². The number of methoxy groups -OCH3 is 1. The van der Waals surface area contributed by atoms with Crippen molar-refractivity contribution in [1.82, 2.24) is 20.2 Å². The van der Waals surface area contributed by atoms with E-state index in [4.69, 9.17) is 16.3 Å². The monoisotopic (exact) mass is 443 g/mol. The summed E-state index contributed by atoms with van der Waals surface area (Å²) in [5, 5.41) is 6.18. The van der Waals surface area contributed by atoms with E-state index in [0.29, 0.717) is 17.1 Å². The number of amides is 3. The summed E-state index contributed by atoms with van der Waals surface area (Å²) in [5.41, 5.74) is 1.13. The second-order valence-corrected chi connectivity index (χ2v) is 8.81. The van der Waals surface area contributed by atoms with Crippen LogP contribution in [-0.4, -0.2) is 53.0 Å². The SMILES string of the molecule is COc1cc(Cl)ncc1NC(=O)C1(c2ncccc2C(C)C)CN(C(=O)NC2CC2)C1. The van der Waals surface area contributed by atoms with Crippen LogP contribution in [0.4, 0.5) is 10.5 Å². The van der Waals surface area contributed by atoms with Crippen molar-refractivity contribution in [3.05, 3.63) is 47.0 Å². The number of aromatic nitrogens is 2. The van der Waals surface area contributed by atoms with Gasteiger partial charge in [-0.15, -0.1) is 0 Å². The Morgan fingerprint density at radius 1 is 1.29 bits per heavy atom. The van der Waals surface area contributed by atoms with Gasteiger partial charge in [-0.1, -0.05) is 31.5 Å². The molecule has 2 N–H and O–H groups in total. The van der Waals surface area contributed by atoms with E-state index >= 15 is 0 Å². The van der Waals surface area contributed by atoms with Crippen LogP contribution in [-0.2, 0) is 10.2 Å². The molecule has 1 saturated carbocycles. The zero-order valence-corrected chi connectivity index (χ0v) is 18.6. The molecule has 0 bridgehead atoms. The Balaban J connectivity index is 1.65. The van der Waals surface area contributed by atoms with Crippen LogP contribution in [0, 0.1) is 0 Å². The predicted octanol–water partition coefficient (Wildman–Crippen LogP) is 3.33. The van der Waals surface area contributed by atoms with Crippen molar-refractivity contribution in [1.29, 1.82) is 0 Å². The number of likely N-dealkylation sites (tertiary alicyclic amines) is 1. The topological polar surface area (TPSA) is 96.4 Å². The largest absolute Gasteiger partial charge is 0.494 e. The van der Waals surface area contributed by atoms with E-state index in [0.717, 1.165) is 18.4 Å². The molecule has 1 aliphatic heterocycles. The van der Waals surface area contributed by atoms with Crippen LogP contribution in [0.15, 0.2) is 30.6 Å². The molecule has 1 saturated heterocycles. The van der Waals surface area contributed by atoms with E-state index in [2.05, 4.69) is 34.4 Å². The van der Waals surface area contributed by atoms with E-state index in [-0.39, 0.29) is 42.1 Å². The molecule has 2 aromatic rings. The molecule has 0 radical (unpaired) electrons. The Hall–Kier alpha value is -2.87. The highest BCUT2D eigenvalue weighted by Crippen LogP contribution is 2.39. The van der Waals surface area contributed by atoms with E-state index in [1.54, 1.807) is 17.2 Å². The molecule has 2 aliphatic rings. The number of carbonyl (C=O) groups excluding carboxylic acids is 2. The maximum atomic E-state index is 13.6. The van der Waals surface area contributed by atoms with Gasteiger partial charge in [0.15, 0.2) is 0 Å². The number of urea groups is 1. The average molecular weight is 444 g/mol. The fourth-order valence-corrected chi connectivity index (χ4v) is 3.99. The number of ether oxygens (including phenoxy) is 1. The van der Waals surface area contributed by atoms with E-state index < -0.39 is 5.41 Å². The Morgan fingerprint density at radius 2 is 2.03 bits per heavy atom. The Labute approximate surface area is 186 Å². The lowest BCUT2D eigenvalue weighted by Gasteiger charge is -2.48. The molecule has 0 atom stereocenters. The predicted molar refractivity (Wildman–Crippen MR) is 118 cm³/mol.